The monoisotopic (exact) mass is 293 g/mol. The molecule has 5 heteroatoms. The Kier molecular flexibility index (Phi) is 6.42. The van der Waals surface area contributed by atoms with Gasteiger partial charge in [0.2, 0.25) is 0 Å². The maximum absolute atomic E-state index is 5.29. The number of methoxy groups -OCH3 is 2. The van der Waals surface area contributed by atoms with Crippen LogP contribution in [0.1, 0.15) is 25.5 Å². The van der Waals surface area contributed by atoms with Crippen molar-refractivity contribution in [2.45, 2.75) is 38.4 Å². The van der Waals surface area contributed by atoms with Crippen molar-refractivity contribution in [2.24, 2.45) is 0 Å². The normalized spacial score (nSPS) is 16.0. The second kappa shape index (κ2) is 8.32. The number of pyridine rings is 1. The van der Waals surface area contributed by atoms with Crippen molar-refractivity contribution in [1.82, 2.24) is 10.3 Å². The lowest BCUT2D eigenvalue weighted by Crippen LogP contribution is -2.38. The molecule has 0 aliphatic heterocycles. The zero-order valence-corrected chi connectivity index (χ0v) is 13.3. The van der Waals surface area contributed by atoms with E-state index >= 15 is 0 Å². The molecule has 1 aromatic heterocycles. The van der Waals surface area contributed by atoms with Crippen molar-refractivity contribution in [3.63, 3.8) is 0 Å². The highest BCUT2D eigenvalue weighted by molar-refractivity contribution is 5.47. The molecule has 1 saturated carbocycles. The molecule has 1 atom stereocenters. The van der Waals surface area contributed by atoms with E-state index in [-0.39, 0.29) is 0 Å². The lowest BCUT2D eigenvalue weighted by molar-refractivity contribution is 0.171. The first-order chi connectivity index (χ1) is 10.2. The first-order valence-corrected chi connectivity index (χ1v) is 7.67. The summed E-state index contributed by atoms with van der Waals surface area (Å²) in [5, 5.41) is 3.51. The van der Waals surface area contributed by atoms with Crippen LogP contribution < -0.4 is 10.2 Å². The summed E-state index contributed by atoms with van der Waals surface area (Å²) in [6, 6.07) is 5.23. The average Bonchev–Trinajstić information content (AvgIpc) is 3.31. The van der Waals surface area contributed by atoms with Crippen LogP contribution in [0.3, 0.4) is 0 Å². The van der Waals surface area contributed by atoms with Gasteiger partial charge >= 0.3 is 0 Å². The third-order valence-electron chi connectivity index (χ3n) is 3.76. The summed E-state index contributed by atoms with van der Waals surface area (Å²) in [6.45, 7) is 5.26. The van der Waals surface area contributed by atoms with Crippen molar-refractivity contribution >= 4 is 5.69 Å². The number of ether oxygens (including phenoxy) is 2. The van der Waals surface area contributed by atoms with Crippen molar-refractivity contribution in [3.05, 3.63) is 24.0 Å². The van der Waals surface area contributed by atoms with E-state index in [9.17, 15) is 0 Å². The van der Waals surface area contributed by atoms with Crippen LogP contribution in [0.25, 0.3) is 0 Å². The van der Waals surface area contributed by atoms with E-state index in [0.717, 1.165) is 18.8 Å². The maximum Gasteiger partial charge on any atom is 0.0663 e. The van der Waals surface area contributed by atoms with Crippen LogP contribution >= 0.6 is 0 Å². The molecule has 0 bridgehead atoms. The number of nitrogens with one attached hydrogen (secondary N) is 1. The molecule has 21 heavy (non-hydrogen) atoms. The molecule has 2 rings (SSSR count). The van der Waals surface area contributed by atoms with Gasteiger partial charge in [-0.3, -0.25) is 4.98 Å². The van der Waals surface area contributed by atoms with E-state index in [0.29, 0.717) is 25.3 Å². The maximum atomic E-state index is 5.29. The first kappa shape index (κ1) is 16.2. The second-order valence-corrected chi connectivity index (χ2v) is 5.65. The molecule has 0 amide bonds. The SMILES string of the molecule is COCCN(c1ccnc(CNC2CC2)c1)C(C)COC. The number of anilines is 1. The van der Waals surface area contributed by atoms with Crippen LogP contribution in [-0.4, -0.2) is 51.0 Å². The summed E-state index contributed by atoms with van der Waals surface area (Å²) in [5.41, 5.74) is 2.27. The molecule has 1 aliphatic carbocycles. The fourth-order valence-electron chi connectivity index (χ4n) is 2.40. The Morgan fingerprint density at radius 3 is 2.86 bits per heavy atom. The summed E-state index contributed by atoms with van der Waals surface area (Å²) in [6.07, 6.45) is 4.48. The van der Waals surface area contributed by atoms with Gasteiger partial charge in [-0.05, 0) is 31.9 Å². The largest absolute Gasteiger partial charge is 0.383 e. The van der Waals surface area contributed by atoms with Crippen molar-refractivity contribution in [1.29, 1.82) is 0 Å². The number of aromatic nitrogens is 1. The highest BCUT2D eigenvalue weighted by atomic mass is 16.5. The number of hydrogen-bond acceptors (Lipinski definition) is 5. The molecule has 1 fully saturated rings. The van der Waals surface area contributed by atoms with Crippen LogP contribution in [-0.2, 0) is 16.0 Å². The lowest BCUT2D eigenvalue weighted by atomic mass is 10.2. The van der Waals surface area contributed by atoms with Gasteiger partial charge in [0.15, 0.2) is 0 Å². The molecule has 1 N–H and O–H groups in total. The summed E-state index contributed by atoms with van der Waals surface area (Å²) in [5.74, 6) is 0. The van der Waals surface area contributed by atoms with Crippen LogP contribution in [0, 0.1) is 0 Å². The highest BCUT2D eigenvalue weighted by Gasteiger charge is 2.20. The standard InChI is InChI=1S/C16H27N3O2/c1-13(12-21-3)19(8-9-20-2)16-6-7-17-15(10-16)11-18-14-4-5-14/h6-7,10,13-14,18H,4-5,8-9,11-12H2,1-3H3. The Balaban J connectivity index is 2.03. The Morgan fingerprint density at radius 2 is 2.19 bits per heavy atom. The molecule has 0 radical (unpaired) electrons. The minimum Gasteiger partial charge on any atom is -0.383 e. The van der Waals surface area contributed by atoms with Crippen LogP contribution in [0.2, 0.25) is 0 Å². The van der Waals surface area contributed by atoms with Gasteiger partial charge in [0, 0.05) is 51.3 Å². The topological polar surface area (TPSA) is 46.6 Å². The van der Waals surface area contributed by atoms with E-state index in [2.05, 4.69) is 34.3 Å². The number of rotatable bonds is 10. The number of nitrogens with zero attached hydrogens (tertiary/aromatic N) is 2. The molecule has 1 aliphatic rings. The molecule has 0 spiro atoms. The Labute approximate surface area is 127 Å². The Hall–Kier alpha value is -1.17. The smallest absolute Gasteiger partial charge is 0.0663 e. The zero-order chi connectivity index (χ0) is 15.1. The molecule has 118 valence electrons. The molecule has 1 unspecified atom stereocenters. The molecule has 1 aromatic rings. The van der Waals surface area contributed by atoms with E-state index in [1.54, 1.807) is 14.2 Å². The minimum atomic E-state index is 0.303. The highest BCUT2D eigenvalue weighted by Crippen LogP contribution is 2.21. The molecule has 1 heterocycles. The van der Waals surface area contributed by atoms with E-state index in [4.69, 9.17) is 9.47 Å². The Morgan fingerprint density at radius 1 is 1.38 bits per heavy atom. The summed E-state index contributed by atoms with van der Waals surface area (Å²) in [4.78, 5) is 6.77. The van der Waals surface area contributed by atoms with E-state index in [1.165, 1.54) is 18.5 Å². The van der Waals surface area contributed by atoms with Gasteiger partial charge in [0.1, 0.15) is 0 Å². The van der Waals surface area contributed by atoms with Gasteiger partial charge in [0.25, 0.3) is 0 Å². The van der Waals surface area contributed by atoms with E-state index < -0.39 is 0 Å². The third kappa shape index (κ3) is 5.26. The van der Waals surface area contributed by atoms with Crippen molar-refractivity contribution in [2.75, 3.05) is 38.9 Å². The second-order valence-electron chi connectivity index (χ2n) is 5.65. The number of hydrogen-bond donors (Lipinski definition) is 1. The van der Waals surface area contributed by atoms with Crippen molar-refractivity contribution < 1.29 is 9.47 Å². The summed E-state index contributed by atoms with van der Waals surface area (Å²) in [7, 11) is 3.47. The van der Waals surface area contributed by atoms with Gasteiger partial charge in [-0.2, -0.15) is 0 Å². The predicted molar refractivity (Wildman–Crippen MR) is 84.7 cm³/mol. The zero-order valence-electron chi connectivity index (χ0n) is 13.3. The first-order valence-electron chi connectivity index (χ1n) is 7.67. The lowest BCUT2D eigenvalue weighted by Gasteiger charge is -2.31. The Bertz CT molecular complexity index is 424. The summed E-state index contributed by atoms with van der Waals surface area (Å²) < 4.78 is 10.5. The van der Waals surface area contributed by atoms with Gasteiger partial charge in [-0.15, -0.1) is 0 Å². The van der Waals surface area contributed by atoms with Crippen LogP contribution in [0.15, 0.2) is 18.3 Å². The van der Waals surface area contributed by atoms with Gasteiger partial charge in [-0.25, -0.2) is 0 Å². The third-order valence-corrected chi connectivity index (χ3v) is 3.76. The molecular formula is C16H27N3O2. The fourth-order valence-corrected chi connectivity index (χ4v) is 2.40. The van der Waals surface area contributed by atoms with E-state index in [1.807, 2.05) is 6.20 Å². The average molecular weight is 293 g/mol. The van der Waals surface area contributed by atoms with Gasteiger partial charge in [-0.1, -0.05) is 0 Å². The molecule has 0 aromatic carbocycles. The van der Waals surface area contributed by atoms with Crippen LogP contribution in [0.4, 0.5) is 5.69 Å². The molecular weight excluding hydrogens is 266 g/mol. The van der Waals surface area contributed by atoms with Gasteiger partial charge in [0.05, 0.1) is 18.9 Å². The van der Waals surface area contributed by atoms with Crippen molar-refractivity contribution in [3.8, 4) is 0 Å². The molecule has 5 nitrogen and oxygen atoms in total. The molecule has 0 saturated heterocycles. The van der Waals surface area contributed by atoms with Crippen LogP contribution in [0.5, 0.6) is 0 Å². The minimum absolute atomic E-state index is 0.303. The fraction of sp³-hybridized carbons (Fsp3) is 0.688. The predicted octanol–water partition coefficient (Wildman–Crippen LogP) is 1.82. The van der Waals surface area contributed by atoms with Gasteiger partial charge < -0.3 is 19.7 Å². The summed E-state index contributed by atoms with van der Waals surface area (Å²) >= 11 is 0. The quantitative estimate of drug-likeness (QED) is 0.713.